The molecular weight excluding hydrogens is 254 g/mol. The van der Waals surface area contributed by atoms with Crippen LogP contribution in [0.2, 0.25) is 0 Å². The third-order valence-corrected chi connectivity index (χ3v) is 2.91. The van der Waals surface area contributed by atoms with E-state index in [4.69, 9.17) is 0 Å². The fourth-order valence-corrected chi connectivity index (χ4v) is 1.89. The van der Waals surface area contributed by atoms with Crippen LogP contribution in [0.25, 0.3) is 11.0 Å². The van der Waals surface area contributed by atoms with Gasteiger partial charge >= 0.3 is 0 Å². The van der Waals surface area contributed by atoms with Gasteiger partial charge in [0.05, 0.1) is 11.2 Å². The van der Waals surface area contributed by atoms with Crippen LogP contribution in [0.15, 0.2) is 29.0 Å². The fraction of sp³-hybridized carbons (Fsp3) is 0.273. The monoisotopic (exact) mass is 263 g/mol. The number of nitrogens with zero attached hydrogens (tertiary/aromatic N) is 2. The van der Waals surface area contributed by atoms with Gasteiger partial charge in [0.1, 0.15) is 5.52 Å². The van der Waals surface area contributed by atoms with Crippen LogP contribution in [0.1, 0.15) is 12.8 Å². The Balaban J connectivity index is 2.12. The summed E-state index contributed by atoms with van der Waals surface area (Å²) in [5.41, 5.74) is 2.97. The quantitative estimate of drug-likeness (QED) is 0.906. The SMILES string of the molecule is Brc1cnc2c(NC3CC3)ccnc2c1. The van der Waals surface area contributed by atoms with Crippen LogP contribution in [0.3, 0.4) is 0 Å². The lowest BCUT2D eigenvalue weighted by Gasteiger charge is -2.06. The van der Waals surface area contributed by atoms with E-state index in [2.05, 4.69) is 31.2 Å². The van der Waals surface area contributed by atoms with Gasteiger partial charge < -0.3 is 5.32 Å². The van der Waals surface area contributed by atoms with Gasteiger partial charge in [0, 0.05) is 22.9 Å². The predicted molar refractivity (Wildman–Crippen MR) is 63.9 cm³/mol. The van der Waals surface area contributed by atoms with Crippen molar-refractivity contribution in [2.45, 2.75) is 18.9 Å². The molecule has 1 N–H and O–H groups in total. The van der Waals surface area contributed by atoms with Crippen LogP contribution in [-0.2, 0) is 0 Å². The lowest BCUT2D eigenvalue weighted by Crippen LogP contribution is -2.02. The molecule has 0 bridgehead atoms. The van der Waals surface area contributed by atoms with E-state index >= 15 is 0 Å². The highest BCUT2D eigenvalue weighted by atomic mass is 79.9. The van der Waals surface area contributed by atoms with E-state index in [9.17, 15) is 0 Å². The Bertz CT molecular complexity index is 508. The van der Waals surface area contributed by atoms with Crippen LogP contribution in [-0.4, -0.2) is 16.0 Å². The van der Waals surface area contributed by atoms with E-state index in [1.807, 2.05) is 24.5 Å². The van der Waals surface area contributed by atoms with E-state index in [-0.39, 0.29) is 0 Å². The van der Waals surface area contributed by atoms with Gasteiger partial charge in [0.15, 0.2) is 0 Å². The Kier molecular flexibility index (Phi) is 2.09. The van der Waals surface area contributed by atoms with Gasteiger partial charge in [-0.05, 0) is 40.9 Å². The highest BCUT2D eigenvalue weighted by molar-refractivity contribution is 9.10. The summed E-state index contributed by atoms with van der Waals surface area (Å²) in [5, 5.41) is 3.46. The lowest BCUT2D eigenvalue weighted by molar-refractivity contribution is 1.15. The first-order chi connectivity index (χ1) is 7.33. The first kappa shape index (κ1) is 9.09. The van der Waals surface area contributed by atoms with Gasteiger partial charge in [0.25, 0.3) is 0 Å². The minimum atomic E-state index is 0.640. The summed E-state index contributed by atoms with van der Waals surface area (Å²) in [7, 11) is 0. The van der Waals surface area contributed by atoms with Crippen LogP contribution in [0.4, 0.5) is 5.69 Å². The van der Waals surface area contributed by atoms with Crippen molar-refractivity contribution in [2.75, 3.05) is 5.32 Å². The zero-order valence-electron chi connectivity index (χ0n) is 8.07. The van der Waals surface area contributed by atoms with Crippen molar-refractivity contribution in [3.05, 3.63) is 29.0 Å². The van der Waals surface area contributed by atoms with Crippen molar-refractivity contribution in [1.29, 1.82) is 0 Å². The second kappa shape index (κ2) is 3.45. The molecule has 0 saturated heterocycles. The smallest absolute Gasteiger partial charge is 0.112 e. The number of aromatic nitrogens is 2. The maximum Gasteiger partial charge on any atom is 0.112 e. The molecule has 1 fully saturated rings. The van der Waals surface area contributed by atoms with Crippen molar-refractivity contribution >= 4 is 32.7 Å². The summed E-state index contributed by atoms with van der Waals surface area (Å²) in [6.07, 6.45) is 6.16. The molecule has 2 aromatic rings. The standard InChI is InChI=1S/C11H10BrN3/c12-7-5-10-11(14-6-7)9(3-4-13-10)15-8-1-2-8/h3-6,8H,1-2H2,(H,13,15). The third kappa shape index (κ3) is 1.81. The number of nitrogens with one attached hydrogen (secondary N) is 1. The summed E-state index contributed by atoms with van der Waals surface area (Å²) in [6, 6.07) is 4.61. The normalized spacial score (nSPS) is 15.5. The van der Waals surface area contributed by atoms with Crippen molar-refractivity contribution in [1.82, 2.24) is 9.97 Å². The summed E-state index contributed by atoms with van der Waals surface area (Å²) in [6.45, 7) is 0. The number of hydrogen-bond donors (Lipinski definition) is 1. The Morgan fingerprint density at radius 2 is 2.20 bits per heavy atom. The van der Waals surface area contributed by atoms with Gasteiger partial charge in [-0.2, -0.15) is 0 Å². The van der Waals surface area contributed by atoms with Crippen molar-refractivity contribution < 1.29 is 0 Å². The summed E-state index contributed by atoms with van der Waals surface area (Å²) in [5.74, 6) is 0. The maximum absolute atomic E-state index is 4.39. The second-order valence-electron chi connectivity index (χ2n) is 3.80. The van der Waals surface area contributed by atoms with Gasteiger partial charge in [-0.3, -0.25) is 9.97 Å². The van der Waals surface area contributed by atoms with Crippen molar-refractivity contribution in [3.8, 4) is 0 Å². The van der Waals surface area contributed by atoms with Crippen LogP contribution >= 0.6 is 15.9 Å². The maximum atomic E-state index is 4.39. The summed E-state index contributed by atoms with van der Waals surface area (Å²) in [4.78, 5) is 8.69. The average molecular weight is 264 g/mol. The Morgan fingerprint density at radius 1 is 1.33 bits per heavy atom. The number of rotatable bonds is 2. The molecule has 1 saturated carbocycles. The first-order valence-electron chi connectivity index (χ1n) is 5.00. The number of fused-ring (bicyclic) bond motifs is 1. The van der Waals surface area contributed by atoms with Gasteiger partial charge in [-0.25, -0.2) is 0 Å². The molecule has 15 heavy (non-hydrogen) atoms. The first-order valence-corrected chi connectivity index (χ1v) is 5.79. The molecule has 0 unspecified atom stereocenters. The van der Waals surface area contributed by atoms with E-state index in [1.165, 1.54) is 12.8 Å². The molecule has 0 amide bonds. The van der Waals surface area contributed by atoms with Crippen molar-refractivity contribution in [3.63, 3.8) is 0 Å². The lowest BCUT2D eigenvalue weighted by atomic mass is 10.3. The molecule has 1 aliphatic rings. The predicted octanol–water partition coefficient (Wildman–Crippen LogP) is 2.97. The third-order valence-electron chi connectivity index (χ3n) is 2.48. The molecule has 0 aromatic carbocycles. The molecule has 1 aliphatic carbocycles. The minimum Gasteiger partial charge on any atom is -0.380 e. The highest BCUT2D eigenvalue weighted by Gasteiger charge is 2.21. The molecule has 76 valence electrons. The number of hydrogen-bond acceptors (Lipinski definition) is 3. The van der Waals surface area contributed by atoms with Gasteiger partial charge in [0.2, 0.25) is 0 Å². The van der Waals surface area contributed by atoms with E-state index in [0.29, 0.717) is 6.04 Å². The molecule has 4 heteroatoms. The van der Waals surface area contributed by atoms with Crippen LogP contribution in [0.5, 0.6) is 0 Å². The zero-order chi connectivity index (χ0) is 10.3. The topological polar surface area (TPSA) is 37.8 Å². The van der Waals surface area contributed by atoms with Crippen LogP contribution in [0, 0.1) is 0 Å². The Labute approximate surface area is 96.1 Å². The number of anilines is 1. The number of pyridine rings is 2. The molecule has 0 radical (unpaired) electrons. The Morgan fingerprint density at radius 3 is 3.00 bits per heavy atom. The zero-order valence-corrected chi connectivity index (χ0v) is 9.66. The molecule has 0 spiro atoms. The molecule has 0 atom stereocenters. The molecule has 2 heterocycles. The van der Waals surface area contributed by atoms with E-state index in [1.54, 1.807) is 0 Å². The molecule has 2 aromatic heterocycles. The van der Waals surface area contributed by atoms with Gasteiger partial charge in [-0.1, -0.05) is 0 Å². The Hall–Kier alpha value is -1.16. The second-order valence-corrected chi connectivity index (χ2v) is 4.71. The molecule has 0 aliphatic heterocycles. The van der Waals surface area contributed by atoms with Crippen molar-refractivity contribution in [2.24, 2.45) is 0 Å². The average Bonchev–Trinajstić information content (AvgIpc) is 3.01. The minimum absolute atomic E-state index is 0.640. The summed E-state index contributed by atoms with van der Waals surface area (Å²) >= 11 is 3.40. The van der Waals surface area contributed by atoms with Crippen LogP contribution < -0.4 is 5.32 Å². The molecule has 3 nitrogen and oxygen atoms in total. The molecular formula is C11H10BrN3. The highest BCUT2D eigenvalue weighted by Crippen LogP contribution is 2.28. The van der Waals surface area contributed by atoms with E-state index < -0.39 is 0 Å². The molecule has 3 rings (SSSR count). The fourth-order valence-electron chi connectivity index (χ4n) is 1.57. The largest absolute Gasteiger partial charge is 0.380 e. The number of halogens is 1. The van der Waals surface area contributed by atoms with Gasteiger partial charge in [-0.15, -0.1) is 0 Å². The summed E-state index contributed by atoms with van der Waals surface area (Å²) < 4.78 is 0.964. The van der Waals surface area contributed by atoms with E-state index in [0.717, 1.165) is 21.2 Å².